The number of carbonyl (C=O) groups excluding carboxylic acids is 1. The molecule has 3 rings (SSSR count). The van der Waals surface area contributed by atoms with Gasteiger partial charge in [0.1, 0.15) is 23.5 Å². The molecule has 2 heterocycles. The molecule has 0 bridgehead atoms. The molecule has 1 aromatic heterocycles. The first kappa shape index (κ1) is 11.3. The van der Waals surface area contributed by atoms with Gasteiger partial charge in [-0.15, -0.1) is 0 Å². The average molecular weight is 247 g/mol. The van der Waals surface area contributed by atoms with Crippen molar-refractivity contribution in [2.75, 3.05) is 17.2 Å². The number of aromatic nitrogens is 2. The molecule has 6 nitrogen and oxygen atoms in total. The van der Waals surface area contributed by atoms with E-state index in [9.17, 15) is 4.79 Å². The van der Waals surface area contributed by atoms with Gasteiger partial charge in [-0.25, -0.2) is 9.97 Å². The molecule has 0 spiro atoms. The maximum atomic E-state index is 11.4. The van der Waals surface area contributed by atoms with E-state index in [1.54, 1.807) is 6.07 Å². The lowest BCUT2D eigenvalue weighted by atomic mass is 10.2. The van der Waals surface area contributed by atoms with Gasteiger partial charge in [0.2, 0.25) is 5.91 Å². The summed E-state index contributed by atoms with van der Waals surface area (Å²) in [4.78, 5) is 22.2. The average Bonchev–Trinajstić information content (AvgIpc) is 3.05. The maximum Gasteiger partial charge on any atom is 0.240 e. The van der Waals surface area contributed by atoms with Crippen molar-refractivity contribution in [2.24, 2.45) is 5.73 Å². The molecule has 0 aromatic carbocycles. The lowest BCUT2D eigenvalue weighted by molar-refractivity contribution is -0.119. The van der Waals surface area contributed by atoms with E-state index in [1.165, 1.54) is 0 Å². The summed E-state index contributed by atoms with van der Waals surface area (Å²) in [5.74, 6) is 2.17. The van der Waals surface area contributed by atoms with Crippen molar-refractivity contribution in [3.8, 4) is 0 Å². The fourth-order valence-corrected chi connectivity index (χ4v) is 2.48. The second-order valence-corrected chi connectivity index (χ2v) is 5.04. The van der Waals surface area contributed by atoms with Crippen LogP contribution in [0.5, 0.6) is 0 Å². The molecule has 1 aliphatic carbocycles. The van der Waals surface area contributed by atoms with Crippen LogP contribution in [-0.4, -0.2) is 28.5 Å². The van der Waals surface area contributed by atoms with Gasteiger partial charge in [-0.3, -0.25) is 4.79 Å². The van der Waals surface area contributed by atoms with Gasteiger partial charge in [-0.05, 0) is 25.7 Å². The van der Waals surface area contributed by atoms with Crippen LogP contribution < -0.4 is 16.4 Å². The molecule has 1 saturated carbocycles. The Kier molecular flexibility index (Phi) is 2.57. The maximum absolute atomic E-state index is 11.4. The third-order valence-electron chi connectivity index (χ3n) is 3.57. The van der Waals surface area contributed by atoms with Crippen molar-refractivity contribution in [1.29, 1.82) is 0 Å². The molecule has 6 heteroatoms. The summed E-state index contributed by atoms with van der Waals surface area (Å²) in [7, 11) is 0. The predicted octanol–water partition coefficient (Wildman–Crippen LogP) is 0.390. The minimum Gasteiger partial charge on any atom is -0.384 e. The number of primary amides is 1. The normalized spacial score (nSPS) is 23.3. The quantitative estimate of drug-likeness (QED) is 0.805. The summed E-state index contributed by atoms with van der Waals surface area (Å²) in [5.41, 5.74) is 11.2. The molecule has 2 fully saturated rings. The number of nitrogens with zero attached hydrogens (tertiary/aromatic N) is 3. The first-order valence-electron chi connectivity index (χ1n) is 6.35. The Morgan fingerprint density at radius 3 is 2.78 bits per heavy atom. The Morgan fingerprint density at radius 2 is 2.11 bits per heavy atom. The summed E-state index contributed by atoms with van der Waals surface area (Å²) in [6, 6.07) is 1.47. The third-order valence-corrected chi connectivity index (χ3v) is 3.57. The van der Waals surface area contributed by atoms with E-state index < -0.39 is 0 Å². The molecule has 1 aromatic rings. The van der Waals surface area contributed by atoms with Crippen LogP contribution in [-0.2, 0) is 4.79 Å². The Hall–Kier alpha value is -1.85. The summed E-state index contributed by atoms with van der Waals surface area (Å²) in [5, 5.41) is 0. The molecular weight excluding hydrogens is 230 g/mol. The van der Waals surface area contributed by atoms with Gasteiger partial charge in [0.25, 0.3) is 0 Å². The molecule has 1 saturated heterocycles. The van der Waals surface area contributed by atoms with E-state index in [0.717, 1.165) is 43.9 Å². The van der Waals surface area contributed by atoms with Crippen LogP contribution in [0, 0.1) is 0 Å². The highest BCUT2D eigenvalue weighted by molar-refractivity contribution is 5.84. The van der Waals surface area contributed by atoms with Gasteiger partial charge in [-0.1, -0.05) is 0 Å². The minimum absolute atomic E-state index is 0.258. The van der Waals surface area contributed by atoms with Crippen LogP contribution in [0.3, 0.4) is 0 Å². The summed E-state index contributed by atoms with van der Waals surface area (Å²) in [6.45, 7) is 0.800. The van der Waals surface area contributed by atoms with Crippen molar-refractivity contribution < 1.29 is 4.79 Å². The monoisotopic (exact) mass is 247 g/mol. The molecule has 1 unspecified atom stereocenters. The number of hydrogen-bond donors (Lipinski definition) is 2. The van der Waals surface area contributed by atoms with Crippen LogP contribution >= 0.6 is 0 Å². The van der Waals surface area contributed by atoms with Crippen LogP contribution in [0.25, 0.3) is 0 Å². The van der Waals surface area contributed by atoms with Gasteiger partial charge >= 0.3 is 0 Å². The van der Waals surface area contributed by atoms with E-state index in [-0.39, 0.29) is 11.9 Å². The molecule has 96 valence electrons. The van der Waals surface area contributed by atoms with E-state index >= 15 is 0 Å². The lowest BCUT2D eigenvalue weighted by Gasteiger charge is -2.23. The smallest absolute Gasteiger partial charge is 0.240 e. The first-order chi connectivity index (χ1) is 8.65. The van der Waals surface area contributed by atoms with Crippen LogP contribution in [0.15, 0.2) is 6.07 Å². The van der Waals surface area contributed by atoms with Crippen molar-refractivity contribution in [1.82, 2.24) is 9.97 Å². The SMILES string of the molecule is NC(=O)C1CCCN1c1cc(N)nc(C2CC2)n1. The van der Waals surface area contributed by atoms with Gasteiger partial charge in [0, 0.05) is 18.5 Å². The van der Waals surface area contributed by atoms with E-state index in [0.29, 0.717) is 11.7 Å². The fourth-order valence-electron chi connectivity index (χ4n) is 2.48. The Bertz CT molecular complexity index is 485. The third kappa shape index (κ3) is 1.98. The summed E-state index contributed by atoms with van der Waals surface area (Å²) in [6.07, 6.45) is 4.00. The Morgan fingerprint density at radius 1 is 1.33 bits per heavy atom. The standard InChI is InChI=1S/C12H17N5O/c13-9-6-10(16-12(15-9)7-3-4-7)17-5-1-2-8(17)11(14)18/h6-8H,1-5H2,(H2,14,18)(H2,13,15,16). The zero-order chi connectivity index (χ0) is 12.7. The zero-order valence-electron chi connectivity index (χ0n) is 10.2. The highest BCUT2D eigenvalue weighted by Gasteiger charge is 2.32. The molecule has 4 N–H and O–H groups in total. The molecular formula is C12H17N5O. The summed E-state index contributed by atoms with van der Waals surface area (Å²) >= 11 is 0. The predicted molar refractivity (Wildman–Crippen MR) is 68.0 cm³/mol. The number of nitrogen functional groups attached to an aromatic ring is 1. The molecule has 1 aliphatic heterocycles. The number of amides is 1. The van der Waals surface area contributed by atoms with Crippen molar-refractivity contribution in [3.05, 3.63) is 11.9 Å². The Labute approximate surface area is 105 Å². The fraction of sp³-hybridized carbons (Fsp3) is 0.583. The van der Waals surface area contributed by atoms with Gasteiger partial charge < -0.3 is 16.4 Å². The molecule has 0 radical (unpaired) electrons. The topological polar surface area (TPSA) is 98.1 Å². The number of rotatable bonds is 3. The van der Waals surface area contributed by atoms with Gasteiger partial charge in [-0.2, -0.15) is 0 Å². The first-order valence-corrected chi connectivity index (χ1v) is 6.35. The van der Waals surface area contributed by atoms with Crippen molar-refractivity contribution in [2.45, 2.75) is 37.6 Å². The highest BCUT2D eigenvalue weighted by Crippen LogP contribution is 2.39. The van der Waals surface area contributed by atoms with E-state index in [2.05, 4.69) is 9.97 Å². The number of hydrogen-bond acceptors (Lipinski definition) is 5. The van der Waals surface area contributed by atoms with Crippen LogP contribution in [0.1, 0.15) is 37.4 Å². The zero-order valence-corrected chi connectivity index (χ0v) is 10.2. The Balaban J connectivity index is 1.93. The van der Waals surface area contributed by atoms with Gasteiger partial charge in [0.15, 0.2) is 0 Å². The van der Waals surface area contributed by atoms with E-state index in [1.807, 2.05) is 4.90 Å². The summed E-state index contributed by atoms with van der Waals surface area (Å²) < 4.78 is 0. The minimum atomic E-state index is -0.294. The highest BCUT2D eigenvalue weighted by atomic mass is 16.1. The number of carbonyl (C=O) groups is 1. The molecule has 1 atom stereocenters. The lowest BCUT2D eigenvalue weighted by Crippen LogP contribution is -2.40. The largest absolute Gasteiger partial charge is 0.384 e. The van der Waals surface area contributed by atoms with E-state index in [4.69, 9.17) is 11.5 Å². The number of anilines is 2. The molecule has 2 aliphatic rings. The van der Waals surface area contributed by atoms with Crippen LogP contribution in [0.4, 0.5) is 11.6 Å². The molecule has 18 heavy (non-hydrogen) atoms. The van der Waals surface area contributed by atoms with Crippen molar-refractivity contribution >= 4 is 17.5 Å². The molecule has 1 amide bonds. The second-order valence-electron chi connectivity index (χ2n) is 5.04. The second kappa shape index (κ2) is 4.12. The van der Waals surface area contributed by atoms with Crippen molar-refractivity contribution in [3.63, 3.8) is 0 Å². The van der Waals surface area contributed by atoms with Crippen LogP contribution in [0.2, 0.25) is 0 Å². The van der Waals surface area contributed by atoms with Gasteiger partial charge in [0.05, 0.1) is 0 Å². The number of nitrogens with two attached hydrogens (primary N) is 2.